The van der Waals surface area contributed by atoms with Gasteiger partial charge >= 0.3 is 0 Å². The molecule has 0 aliphatic rings. The smallest absolute Gasteiger partial charge is 0.0716 e. The number of hydrogen-bond donors (Lipinski definition) is 0. The summed E-state index contributed by atoms with van der Waals surface area (Å²) in [5.41, 5.74) is 1.27. The topological polar surface area (TPSA) is 9.23 Å². The first-order valence-electron chi connectivity index (χ1n) is 5.61. The van der Waals surface area contributed by atoms with Crippen molar-refractivity contribution in [1.82, 2.24) is 0 Å². The van der Waals surface area contributed by atoms with E-state index < -0.39 is 0 Å². The van der Waals surface area contributed by atoms with Gasteiger partial charge in [-0.1, -0.05) is 65.8 Å². The number of alkyl halides is 1. The molecule has 0 aliphatic carbocycles. The van der Waals surface area contributed by atoms with E-state index in [0.717, 1.165) is 13.2 Å². The van der Waals surface area contributed by atoms with Crippen molar-refractivity contribution in [2.45, 2.75) is 32.3 Å². The van der Waals surface area contributed by atoms with Crippen LogP contribution in [-0.2, 0) is 11.3 Å². The molecule has 0 saturated heterocycles. The van der Waals surface area contributed by atoms with Crippen molar-refractivity contribution < 1.29 is 4.74 Å². The zero-order chi connectivity index (χ0) is 10.8. The molecule has 0 unspecified atom stereocenters. The molecule has 1 aromatic rings. The van der Waals surface area contributed by atoms with Crippen LogP contribution < -0.4 is 0 Å². The summed E-state index contributed by atoms with van der Waals surface area (Å²) in [7, 11) is 0. The molecule has 1 rings (SSSR count). The van der Waals surface area contributed by atoms with Crippen molar-refractivity contribution in [3.8, 4) is 0 Å². The number of unbranched alkanes of at least 4 members (excludes halogenated alkanes) is 3. The average molecular weight is 318 g/mol. The summed E-state index contributed by atoms with van der Waals surface area (Å²) in [6, 6.07) is 10.4. The summed E-state index contributed by atoms with van der Waals surface area (Å²) in [5, 5.41) is 0. The molecule has 0 fully saturated rings. The molecule has 0 amide bonds. The minimum atomic E-state index is 0.757. The molecule has 15 heavy (non-hydrogen) atoms. The van der Waals surface area contributed by atoms with Gasteiger partial charge in [0.1, 0.15) is 0 Å². The monoisotopic (exact) mass is 318 g/mol. The Morgan fingerprint density at radius 1 is 0.933 bits per heavy atom. The van der Waals surface area contributed by atoms with Crippen LogP contribution in [0.4, 0.5) is 0 Å². The Balaban J connectivity index is 1.93. The minimum absolute atomic E-state index is 0.757. The maximum Gasteiger partial charge on any atom is 0.0716 e. The molecule has 0 N–H and O–H groups in total. The predicted molar refractivity (Wildman–Crippen MR) is 73.5 cm³/mol. The van der Waals surface area contributed by atoms with Crippen molar-refractivity contribution in [3.63, 3.8) is 0 Å². The van der Waals surface area contributed by atoms with Crippen molar-refractivity contribution in [1.29, 1.82) is 0 Å². The van der Waals surface area contributed by atoms with Crippen LogP contribution in [0.15, 0.2) is 30.3 Å². The highest BCUT2D eigenvalue weighted by Gasteiger charge is 1.92. The molecule has 0 heterocycles. The number of ether oxygens (including phenoxy) is 1. The average Bonchev–Trinajstić information content (AvgIpc) is 2.29. The molecule has 0 bridgehead atoms. The Labute approximate surface area is 106 Å². The van der Waals surface area contributed by atoms with Crippen LogP contribution >= 0.6 is 22.6 Å². The predicted octanol–water partition coefficient (Wildman–Crippen LogP) is 4.20. The molecule has 2 heteroatoms. The number of hydrogen-bond acceptors (Lipinski definition) is 1. The third kappa shape index (κ3) is 6.90. The quantitative estimate of drug-likeness (QED) is 0.396. The molecule has 0 atom stereocenters. The second kappa shape index (κ2) is 9.16. The number of halogens is 1. The van der Waals surface area contributed by atoms with Gasteiger partial charge < -0.3 is 4.74 Å². The summed E-state index contributed by atoms with van der Waals surface area (Å²) in [5.74, 6) is 0. The molecule has 84 valence electrons. The molecule has 1 nitrogen and oxygen atoms in total. The van der Waals surface area contributed by atoms with Crippen LogP contribution in [0.2, 0.25) is 0 Å². The van der Waals surface area contributed by atoms with Crippen LogP contribution in [0.3, 0.4) is 0 Å². The van der Waals surface area contributed by atoms with Crippen LogP contribution in [0.25, 0.3) is 0 Å². The Morgan fingerprint density at radius 3 is 2.40 bits per heavy atom. The highest BCUT2D eigenvalue weighted by Crippen LogP contribution is 2.04. The van der Waals surface area contributed by atoms with Crippen molar-refractivity contribution in [2.24, 2.45) is 0 Å². The van der Waals surface area contributed by atoms with Crippen LogP contribution in [0.5, 0.6) is 0 Å². The molecule has 0 radical (unpaired) electrons. The normalized spacial score (nSPS) is 10.5. The van der Waals surface area contributed by atoms with Crippen molar-refractivity contribution in [3.05, 3.63) is 35.9 Å². The van der Waals surface area contributed by atoms with E-state index in [-0.39, 0.29) is 0 Å². The van der Waals surface area contributed by atoms with Gasteiger partial charge in [-0.2, -0.15) is 0 Å². The third-order valence-corrected chi connectivity index (χ3v) is 3.05. The van der Waals surface area contributed by atoms with Crippen LogP contribution in [0.1, 0.15) is 31.2 Å². The fourth-order valence-corrected chi connectivity index (χ4v) is 1.96. The van der Waals surface area contributed by atoms with Gasteiger partial charge in [0.2, 0.25) is 0 Å². The third-order valence-electron chi connectivity index (χ3n) is 2.28. The van der Waals surface area contributed by atoms with Crippen LogP contribution in [0, 0.1) is 0 Å². The molecule has 0 saturated carbocycles. The van der Waals surface area contributed by atoms with E-state index in [2.05, 4.69) is 46.9 Å². The summed E-state index contributed by atoms with van der Waals surface area (Å²) in [6.07, 6.45) is 5.19. The van der Waals surface area contributed by atoms with E-state index in [1.165, 1.54) is 35.7 Å². The summed E-state index contributed by atoms with van der Waals surface area (Å²) >= 11 is 2.43. The van der Waals surface area contributed by atoms with E-state index in [4.69, 9.17) is 4.74 Å². The fraction of sp³-hybridized carbons (Fsp3) is 0.538. The van der Waals surface area contributed by atoms with Crippen LogP contribution in [-0.4, -0.2) is 11.0 Å². The Hall–Kier alpha value is -0.0900. The zero-order valence-corrected chi connectivity index (χ0v) is 11.3. The van der Waals surface area contributed by atoms with Crippen molar-refractivity contribution >= 4 is 22.6 Å². The molecular weight excluding hydrogens is 299 g/mol. The second-order valence-corrected chi connectivity index (χ2v) is 4.72. The Morgan fingerprint density at radius 2 is 1.67 bits per heavy atom. The highest BCUT2D eigenvalue weighted by molar-refractivity contribution is 14.1. The first-order chi connectivity index (χ1) is 7.43. The lowest BCUT2D eigenvalue weighted by Crippen LogP contribution is -1.95. The van der Waals surface area contributed by atoms with Gasteiger partial charge in [-0.25, -0.2) is 0 Å². The molecule has 0 aliphatic heterocycles. The van der Waals surface area contributed by atoms with Gasteiger partial charge in [-0.3, -0.25) is 0 Å². The van der Waals surface area contributed by atoms with Gasteiger partial charge in [-0.15, -0.1) is 0 Å². The van der Waals surface area contributed by atoms with Gasteiger partial charge in [0.25, 0.3) is 0 Å². The number of benzene rings is 1. The fourth-order valence-electron chi connectivity index (χ4n) is 1.42. The highest BCUT2D eigenvalue weighted by atomic mass is 127. The summed E-state index contributed by atoms with van der Waals surface area (Å²) in [4.78, 5) is 0. The second-order valence-electron chi connectivity index (χ2n) is 3.64. The molecule has 0 spiro atoms. The number of rotatable bonds is 8. The zero-order valence-electron chi connectivity index (χ0n) is 9.12. The lowest BCUT2D eigenvalue weighted by molar-refractivity contribution is 0.117. The largest absolute Gasteiger partial charge is 0.377 e. The van der Waals surface area contributed by atoms with Crippen molar-refractivity contribution in [2.75, 3.05) is 11.0 Å². The molecule has 0 aromatic heterocycles. The van der Waals surface area contributed by atoms with E-state index in [1.807, 2.05) is 6.07 Å². The van der Waals surface area contributed by atoms with E-state index in [9.17, 15) is 0 Å². The van der Waals surface area contributed by atoms with E-state index in [1.54, 1.807) is 0 Å². The first kappa shape index (κ1) is 13.0. The Bertz CT molecular complexity index is 236. The standard InChI is InChI=1S/C13H19IO/c14-10-6-1-2-7-11-15-12-13-8-4-3-5-9-13/h3-5,8-9H,1-2,6-7,10-12H2. The maximum atomic E-state index is 5.60. The lowest BCUT2D eigenvalue weighted by atomic mass is 10.2. The summed E-state index contributed by atoms with van der Waals surface area (Å²) < 4.78 is 6.88. The van der Waals surface area contributed by atoms with E-state index >= 15 is 0 Å². The minimum Gasteiger partial charge on any atom is -0.377 e. The maximum absolute atomic E-state index is 5.60. The van der Waals surface area contributed by atoms with Gasteiger partial charge in [0.05, 0.1) is 6.61 Å². The van der Waals surface area contributed by atoms with Gasteiger partial charge in [-0.05, 0) is 22.8 Å². The Kier molecular flexibility index (Phi) is 7.92. The van der Waals surface area contributed by atoms with Gasteiger partial charge in [0, 0.05) is 6.61 Å². The van der Waals surface area contributed by atoms with Gasteiger partial charge in [0.15, 0.2) is 0 Å². The van der Waals surface area contributed by atoms with E-state index in [0.29, 0.717) is 0 Å². The molecular formula is C13H19IO. The molecule has 1 aromatic carbocycles. The summed E-state index contributed by atoms with van der Waals surface area (Å²) in [6.45, 7) is 1.66. The first-order valence-corrected chi connectivity index (χ1v) is 7.13. The lowest BCUT2D eigenvalue weighted by Gasteiger charge is -2.03. The SMILES string of the molecule is ICCCCCCOCc1ccccc1.